The lowest BCUT2D eigenvalue weighted by atomic mass is 10.2. The Labute approximate surface area is 85.9 Å². The summed E-state index contributed by atoms with van der Waals surface area (Å²) in [5.41, 5.74) is 5.47. The molecule has 3 nitrogen and oxygen atoms in total. The second-order valence-electron chi connectivity index (χ2n) is 3.49. The molecule has 0 amide bonds. The van der Waals surface area contributed by atoms with Gasteiger partial charge in [-0.15, -0.1) is 0 Å². The molecule has 1 unspecified atom stereocenters. The maximum Gasteiger partial charge on any atom is 0.0870 e. The van der Waals surface area contributed by atoms with Crippen molar-refractivity contribution in [2.45, 2.75) is 20.3 Å². The lowest BCUT2D eigenvalue weighted by molar-refractivity contribution is 0.184. The molecule has 0 spiro atoms. The fraction of sp³-hybridized carbons (Fsp3) is 0.889. The number of thiocarbonyl (C=S) groups is 1. The first-order chi connectivity index (χ1) is 6.10. The minimum absolute atomic E-state index is 0.220. The van der Waals surface area contributed by atoms with E-state index in [-0.39, 0.29) is 6.61 Å². The van der Waals surface area contributed by atoms with Crippen LogP contribution in [-0.2, 0) is 0 Å². The third kappa shape index (κ3) is 6.93. The predicted octanol–water partition coefficient (Wildman–Crippen LogP) is 0.613. The first-order valence-electron chi connectivity index (χ1n) is 4.71. The quantitative estimate of drug-likeness (QED) is 0.597. The van der Waals surface area contributed by atoms with Crippen molar-refractivity contribution < 1.29 is 5.11 Å². The lowest BCUT2D eigenvalue weighted by Gasteiger charge is -2.23. The van der Waals surface area contributed by atoms with Crippen LogP contribution in [0.5, 0.6) is 0 Å². The van der Waals surface area contributed by atoms with Crippen LogP contribution < -0.4 is 5.73 Å². The Morgan fingerprint density at radius 2 is 2.23 bits per heavy atom. The van der Waals surface area contributed by atoms with Crippen LogP contribution in [0.3, 0.4) is 0 Å². The summed E-state index contributed by atoms with van der Waals surface area (Å²) in [6.45, 7) is 6.87. The molecule has 0 aromatic carbocycles. The van der Waals surface area contributed by atoms with Gasteiger partial charge in [-0.1, -0.05) is 26.1 Å². The Bertz CT molecular complexity index is 153. The van der Waals surface area contributed by atoms with Gasteiger partial charge in [0.25, 0.3) is 0 Å². The van der Waals surface area contributed by atoms with Crippen LogP contribution >= 0.6 is 12.2 Å². The van der Waals surface area contributed by atoms with Crippen LogP contribution in [0.15, 0.2) is 0 Å². The molecule has 0 aromatic rings. The lowest BCUT2D eigenvalue weighted by Crippen LogP contribution is -2.37. The SMILES string of the molecule is CCCN(CC(N)=S)CC(C)CO. The highest BCUT2D eigenvalue weighted by Crippen LogP contribution is 1.99. The molecular formula is C9H20N2OS. The van der Waals surface area contributed by atoms with Crippen molar-refractivity contribution in [1.29, 1.82) is 0 Å². The molecule has 1 atom stereocenters. The van der Waals surface area contributed by atoms with E-state index in [0.29, 0.717) is 17.5 Å². The Hall–Kier alpha value is -0.190. The normalized spacial score (nSPS) is 13.2. The van der Waals surface area contributed by atoms with E-state index in [0.717, 1.165) is 19.5 Å². The summed E-state index contributed by atoms with van der Waals surface area (Å²) in [6.07, 6.45) is 1.08. The second-order valence-corrected chi connectivity index (χ2v) is 4.01. The number of hydrogen-bond acceptors (Lipinski definition) is 3. The number of nitrogens with zero attached hydrogens (tertiary/aromatic N) is 1. The van der Waals surface area contributed by atoms with E-state index in [4.69, 9.17) is 23.1 Å². The minimum atomic E-state index is 0.220. The van der Waals surface area contributed by atoms with Crippen molar-refractivity contribution in [1.82, 2.24) is 4.90 Å². The van der Waals surface area contributed by atoms with E-state index >= 15 is 0 Å². The standard InChI is InChI=1S/C9H20N2OS/c1-3-4-11(6-9(10)13)5-8(2)7-12/h8,12H,3-7H2,1-2H3,(H2,10,13). The van der Waals surface area contributed by atoms with E-state index in [1.165, 1.54) is 0 Å². The average Bonchev–Trinajstić information content (AvgIpc) is 2.03. The van der Waals surface area contributed by atoms with Crippen molar-refractivity contribution in [2.75, 3.05) is 26.2 Å². The monoisotopic (exact) mass is 204 g/mol. The molecule has 0 fully saturated rings. The largest absolute Gasteiger partial charge is 0.396 e. The first-order valence-corrected chi connectivity index (χ1v) is 5.12. The molecule has 0 heterocycles. The van der Waals surface area contributed by atoms with Gasteiger partial charge >= 0.3 is 0 Å². The highest BCUT2D eigenvalue weighted by Gasteiger charge is 2.09. The summed E-state index contributed by atoms with van der Waals surface area (Å²) >= 11 is 4.85. The smallest absolute Gasteiger partial charge is 0.0870 e. The fourth-order valence-corrected chi connectivity index (χ4v) is 1.45. The Kier molecular flexibility index (Phi) is 7.13. The highest BCUT2D eigenvalue weighted by molar-refractivity contribution is 7.80. The van der Waals surface area contributed by atoms with Crippen LogP contribution in [0, 0.1) is 5.92 Å². The minimum Gasteiger partial charge on any atom is -0.396 e. The molecule has 3 N–H and O–H groups in total. The molecule has 0 aliphatic heterocycles. The van der Waals surface area contributed by atoms with E-state index in [9.17, 15) is 0 Å². The van der Waals surface area contributed by atoms with E-state index in [2.05, 4.69) is 11.8 Å². The third-order valence-electron chi connectivity index (χ3n) is 1.80. The molecule has 0 saturated carbocycles. The fourth-order valence-electron chi connectivity index (χ4n) is 1.27. The van der Waals surface area contributed by atoms with Crippen molar-refractivity contribution in [3.8, 4) is 0 Å². The number of nitrogens with two attached hydrogens (primary N) is 1. The Balaban J connectivity index is 3.85. The zero-order valence-electron chi connectivity index (χ0n) is 8.49. The molecule has 0 saturated heterocycles. The van der Waals surface area contributed by atoms with Gasteiger partial charge in [-0.3, -0.25) is 4.90 Å². The summed E-state index contributed by atoms with van der Waals surface area (Å²) < 4.78 is 0. The van der Waals surface area contributed by atoms with Gasteiger partial charge in [-0.05, 0) is 18.9 Å². The van der Waals surface area contributed by atoms with Crippen LogP contribution in [0.25, 0.3) is 0 Å². The molecule has 0 rings (SSSR count). The zero-order chi connectivity index (χ0) is 10.3. The van der Waals surface area contributed by atoms with Crippen molar-refractivity contribution >= 4 is 17.2 Å². The average molecular weight is 204 g/mol. The molecule has 0 radical (unpaired) electrons. The summed E-state index contributed by atoms with van der Waals surface area (Å²) in [6, 6.07) is 0. The molecule has 0 aromatic heterocycles. The van der Waals surface area contributed by atoms with Crippen LogP contribution in [0.1, 0.15) is 20.3 Å². The van der Waals surface area contributed by atoms with Gasteiger partial charge in [-0.2, -0.15) is 0 Å². The van der Waals surface area contributed by atoms with Crippen LogP contribution in [0.4, 0.5) is 0 Å². The highest BCUT2D eigenvalue weighted by atomic mass is 32.1. The molecule has 4 heteroatoms. The van der Waals surface area contributed by atoms with Gasteiger partial charge in [0.1, 0.15) is 0 Å². The molecule has 0 aliphatic carbocycles. The number of aliphatic hydroxyl groups excluding tert-OH is 1. The van der Waals surface area contributed by atoms with Gasteiger partial charge in [0.05, 0.1) is 4.99 Å². The zero-order valence-corrected chi connectivity index (χ0v) is 9.31. The Morgan fingerprint density at radius 1 is 1.62 bits per heavy atom. The van der Waals surface area contributed by atoms with Crippen molar-refractivity contribution in [3.63, 3.8) is 0 Å². The number of rotatable bonds is 7. The molecule has 78 valence electrons. The first kappa shape index (κ1) is 12.8. The van der Waals surface area contributed by atoms with Gasteiger partial charge in [0.2, 0.25) is 0 Å². The van der Waals surface area contributed by atoms with Gasteiger partial charge in [0.15, 0.2) is 0 Å². The van der Waals surface area contributed by atoms with Gasteiger partial charge in [-0.25, -0.2) is 0 Å². The van der Waals surface area contributed by atoms with Crippen molar-refractivity contribution in [2.24, 2.45) is 11.7 Å². The molecule has 0 aliphatic rings. The summed E-state index contributed by atoms with van der Waals surface area (Å²) in [5.74, 6) is 0.292. The van der Waals surface area contributed by atoms with Crippen molar-refractivity contribution in [3.05, 3.63) is 0 Å². The predicted molar refractivity (Wildman–Crippen MR) is 59.8 cm³/mol. The second kappa shape index (κ2) is 7.24. The number of hydrogen-bond donors (Lipinski definition) is 2. The number of aliphatic hydroxyl groups is 1. The molecular weight excluding hydrogens is 184 g/mol. The summed E-state index contributed by atoms with van der Waals surface area (Å²) in [7, 11) is 0. The topological polar surface area (TPSA) is 49.5 Å². The summed E-state index contributed by atoms with van der Waals surface area (Å²) in [4.78, 5) is 2.71. The van der Waals surface area contributed by atoms with E-state index < -0.39 is 0 Å². The van der Waals surface area contributed by atoms with Crippen LogP contribution in [-0.4, -0.2) is 41.2 Å². The molecule has 13 heavy (non-hydrogen) atoms. The summed E-state index contributed by atoms with van der Waals surface area (Å²) in [5, 5.41) is 8.90. The van der Waals surface area contributed by atoms with E-state index in [1.807, 2.05) is 6.92 Å². The van der Waals surface area contributed by atoms with Crippen LogP contribution in [0.2, 0.25) is 0 Å². The third-order valence-corrected chi connectivity index (χ3v) is 1.93. The van der Waals surface area contributed by atoms with Gasteiger partial charge in [0, 0.05) is 19.7 Å². The van der Waals surface area contributed by atoms with E-state index in [1.54, 1.807) is 0 Å². The maximum atomic E-state index is 8.90. The Morgan fingerprint density at radius 3 is 2.62 bits per heavy atom. The molecule has 0 bridgehead atoms. The van der Waals surface area contributed by atoms with Gasteiger partial charge < -0.3 is 10.8 Å². The maximum absolute atomic E-state index is 8.90.